The van der Waals surface area contributed by atoms with Crippen molar-refractivity contribution in [1.29, 1.82) is 0 Å². The zero-order valence-electron chi connectivity index (χ0n) is 6.38. The SMILES string of the molecule is Nc1cc(C(F)F)c(C=O)c(=O)[nH]1. The number of carbonyl (C=O) groups is 1. The maximum atomic E-state index is 12.2. The lowest BCUT2D eigenvalue weighted by atomic mass is 10.1. The Kier molecular flexibility index (Phi) is 2.41. The number of aldehydes is 1. The first-order valence-electron chi connectivity index (χ1n) is 3.32. The number of halogens is 2. The number of anilines is 1. The number of rotatable bonds is 2. The summed E-state index contributed by atoms with van der Waals surface area (Å²) < 4.78 is 24.4. The Hall–Kier alpha value is -1.72. The number of hydrogen-bond donors (Lipinski definition) is 2. The van der Waals surface area contributed by atoms with Gasteiger partial charge in [-0.2, -0.15) is 0 Å². The number of aromatic nitrogens is 1. The molecule has 1 aromatic heterocycles. The maximum absolute atomic E-state index is 12.2. The molecule has 0 saturated heterocycles. The Balaban J connectivity index is 3.47. The van der Waals surface area contributed by atoms with Gasteiger partial charge in [0.15, 0.2) is 6.29 Å². The van der Waals surface area contributed by atoms with E-state index in [-0.39, 0.29) is 12.1 Å². The van der Waals surface area contributed by atoms with Crippen molar-refractivity contribution in [3.63, 3.8) is 0 Å². The van der Waals surface area contributed by atoms with Crippen LogP contribution in [-0.2, 0) is 0 Å². The minimum absolute atomic E-state index is 0.0831. The first kappa shape index (κ1) is 9.37. The van der Waals surface area contributed by atoms with E-state index in [4.69, 9.17) is 5.73 Å². The topological polar surface area (TPSA) is 76.0 Å². The van der Waals surface area contributed by atoms with Gasteiger partial charge in [0, 0.05) is 5.56 Å². The van der Waals surface area contributed by atoms with E-state index in [1.165, 1.54) is 0 Å². The molecule has 0 atom stereocenters. The number of alkyl halides is 2. The Morgan fingerprint density at radius 2 is 2.15 bits per heavy atom. The summed E-state index contributed by atoms with van der Waals surface area (Å²) in [6.45, 7) is 0. The molecule has 0 unspecified atom stereocenters. The number of nitrogens with one attached hydrogen (secondary N) is 1. The van der Waals surface area contributed by atoms with Crippen LogP contribution in [0, 0.1) is 0 Å². The van der Waals surface area contributed by atoms with Crippen molar-refractivity contribution < 1.29 is 13.6 Å². The monoisotopic (exact) mass is 188 g/mol. The van der Waals surface area contributed by atoms with Crippen LogP contribution in [0.25, 0.3) is 0 Å². The van der Waals surface area contributed by atoms with Crippen LogP contribution in [0.5, 0.6) is 0 Å². The summed E-state index contributed by atoms with van der Waals surface area (Å²) in [5.41, 5.74) is 3.00. The number of pyridine rings is 1. The molecule has 70 valence electrons. The van der Waals surface area contributed by atoms with Gasteiger partial charge in [0.05, 0.1) is 5.56 Å². The van der Waals surface area contributed by atoms with E-state index >= 15 is 0 Å². The molecular formula is C7H6F2N2O2. The molecule has 0 radical (unpaired) electrons. The molecule has 0 aliphatic heterocycles. The summed E-state index contributed by atoms with van der Waals surface area (Å²) in [6.07, 6.45) is -2.80. The molecule has 1 heterocycles. The van der Waals surface area contributed by atoms with E-state index in [9.17, 15) is 18.4 Å². The van der Waals surface area contributed by atoms with E-state index in [1.807, 2.05) is 4.98 Å². The third-order valence-electron chi connectivity index (χ3n) is 1.48. The molecule has 3 N–H and O–H groups in total. The van der Waals surface area contributed by atoms with Gasteiger partial charge in [-0.1, -0.05) is 0 Å². The first-order chi connectivity index (χ1) is 6.06. The average Bonchev–Trinajstić information content (AvgIpc) is 2.02. The lowest BCUT2D eigenvalue weighted by Gasteiger charge is -2.02. The molecule has 6 heteroatoms. The molecule has 0 bridgehead atoms. The summed E-state index contributed by atoms with van der Waals surface area (Å²) in [4.78, 5) is 23.2. The second kappa shape index (κ2) is 3.34. The smallest absolute Gasteiger partial charge is 0.264 e. The highest BCUT2D eigenvalue weighted by atomic mass is 19.3. The highest BCUT2D eigenvalue weighted by molar-refractivity contribution is 5.77. The quantitative estimate of drug-likeness (QED) is 0.671. The summed E-state index contributed by atoms with van der Waals surface area (Å²) >= 11 is 0. The van der Waals surface area contributed by atoms with Crippen LogP contribution in [0.2, 0.25) is 0 Å². The maximum Gasteiger partial charge on any atom is 0.264 e. The Morgan fingerprint density at radius 3 is 2.62 bits per heavy atom. The Morgan fingerprint density at radius 1 is 1.54 bits per heavy atom. The molecule has 0 amide bonds. The number of hydrogen-bond acceptors (Lipinski definition) is 3. The molecule has 0 aromatic carbocycles. The van der Waals surface area contributed by atoms with Crippen LogP contribution < -0.4 is 11.3 Å². The molecule has 1 rings (SSSR count). The molecule has 0 saturated carbocycles. The zero-order chi connectivity index (χ0) is 10.0. The lowest BCUT2D eigenvalue weighted by molar-refractivity contribution is 0.110. The number of carbonyl (C=O) groups excluding carboxylic acids is 1. The van der Waals surface area contributed by atoms with E-state index in [2.05, 4.69) is 0 Å². The highest BCUT2D eigenvalue weighted by Crippen LogP contribution is 2.20. The molecule has 13 heavy (non-hydrogen) atoms. The largest absolute Gasteiger partial charge is 0.385 e. The van der Waals surface area contributed by atoms with E-state index < -0.39 is 23.1 Å². The standard InChI is InChI=1S/C7H6F2N2O2/c8-6(9)3-1-5(10)11-7(13)4(3)2-12/h1-2,6H,(H3,10,11,13). The Labute approximate surface area is 71.4 Å². The van der Waals surface area contributed by atoms with E-state index in [0.29, 0.717) is 0 Å². The molecule has 0 spiro atoms. The lowest BCUT2D eigenvalue weighted by Crippen LogP contribution is -2.17. The van der Waals surface area contributed by atoms with Crippen LogP contribution in [0.15, 0.2) is 10.9 Å². The Bertz CT molecular complexity index is 387. The van der Waals surface area contributed by atoms with Crippen LogP contribution in [0.4, 0.5) is 14.6 Å². The van der Waals surface area contributed by atoms with Gasteiger partial charge in [-0.25, -0.2) is 8.78 Å². The normalized spacial score (nSPS) is 10.4. The molecule has 0 fully saturated rings. The second-order valence-corrected chi connectivity index (χ2v) is 2.34. The van der Waals surface area contributed by atoms with Crippen LogP contribution in [-0.4, -0.2) is 11.3 Å². The van der Waals surface area contributed by atoms with Crippen LogP contribution in [0.3, 0.4) is 0 Å². The third kappa shape index (κ3) is 1.71. The number of H-pyrrole nitrogens is 1. The number of nitrogen functional groups attached to an aromatic ring is 1. The predicted molar refractivity (Wildman–Crippen MR) is 41.8 cm³/mol. The molecule has 1 aromatic rings. The number of aromatic amines is 1. The third-order valence-corrected chi connectivity index (χ3v) is 1.48. The van der Waals surface area contributed by atoms with Crippen molar-refractivity contribution in [3.8, 4) is 0 Å². The predicted octanol–water partition coefficient (Wildman–Crippen LogP) is 0.707. The van der Waals surface area contributed by atoms with Crippen molar-refractivity contribution in [2.75, 3.05) is 5.73 Å². The van der Waals surface area contributed by atoms with E-state index in [0.717, 1.165) is 6.07 Å². The van der Waals surface area contributed by atoms with Crippen molar-refractivity contribution >= 4 is 12.1 Å². The van der Waals surface area contributed by atoms with Gasteiger partial charge in [-0.15, -0.1) is 0 Å². The molecule has 0 aliphatic carbocycles. The fraction of sp³-hybridized carbons (Fsp3) is 0.143. The second-order valence-electron chi connectivity index (χ2n) is 2.34. The van der Waals surface area contributed by atoms with E-state index in [1.54, 1.807) is 0 Å². The van der Waals surface area contributed by atoms with Gasteiger partial charge in [0.25, 0.3) is 12.0 Å². The highest BCUT2D eigenvalue weighted by Gasteiger charge is 2.16. The van der Waals surface area contributed by atoms with Crippen molar-refractivity contribution in [2.24, 2.45) is 0 Å². The van der Waals surface area contributed by atoms with Crippen molar-refractivity contribution in [1.82, 2.24) is 4.98 Å². The fourth-order valence-electron chi connectivity index (χ4n) is 0.913. The van der Waals surface area contributed by atoms with Gasteiger partial charge in [-0.05, 0) is 6.07 Å². The first-order valence-corrected chi connectivity index (χ1v) is 3.32. The average molecular weight is 188 g/mol. The van der Waals surface area contributed by atoms with Crippen LogP contribution in [0.1, 0.15) is 22.3 Å². The summed E-state index contributed by atoms with van der Waals surface area (Å²) in [6, 6.07) is 0.871. The fourth-order valence-corrected chi connectivity index (χ4v) is 0.913. The summed E-state index contributed by atoms with van der Waals surface area (Å²) in [5.74, 6) is -0.189. The number of nitrogens with two attached hydrogens (primary N) is 1. The van der Waals surface area contributed by atoms with Gasteiger partial charge < -0.3 is 10.7 Å². The van der Waals surface area contributed by atoms with Gasteiger partial charge in [0.2, 0.25) is 0 Å². The van der Waals surface area contributed by atoms with Gasteiger partial charge in [-0.3, -0.25) is 9.59 Å². The van der Waals surface area contributed by atoms with Gasteiger partial charge in [0.1, 0.15) is 5.82 Å². The van der Waals surface area contributed by atoms with Crippen LogP contribution >= 0.6 is 0 Å². The molecule has 0 aliphatic rings. The minimum atomic E-state index is -2.88. The molecular weight excluding hydrogens is 182 g/mol. The minimum Gasteiger partial charge on any atom is -0.385 e. The molecule has 4 nitrogen and oxygen atoms in total. The summed E-state index contributed by atoms with van der Waals surface area (Å²) in [7, 11) is 0. The van der Waals surface area contributed by atoms with Gasteiger partial charge >= 0.3 is 0 Å². The summed E-state index contributed by atoms with van der Waals surface area (Å²) in [5, 5.41) is 0. The van der Waals surface area contributed by atoms with Crippen molar-refractivity contribution in [3.05, 3.63) is 27.5 Å². The van der Waals surface area contributed by atoms with Crippen molar-refractivity contribution in [2.45, 2.75) is 6.43 Å². The zero-order valence-corrected chi connectivity index (χ0v) is 6.38.